The highest BCUT2D eigenvalue weighted by molar-refractivity contribution is 8.26. The first-order valence-electron chi connectivity index (χ1n) is 9.47. The monoisotopic (exact) mass is 568 g/mol. The molecule has 0 radical (unpaired) electrons. The zero-order chi connectivity index (χ0) is 25.3. The van der Waals surface area contributed by atoms with Gasteiger partial charge in [-0.05, 0) is 54.7 Å². The first kappa shape index (κ1) is 25.0. The van der Waals surface area contributed by atoms with Gasteiger partial charge in [0.05, 0.1) is 25.4 Å². The second-order valence-corrected chi connectivity index (χ2v) is 9.76. The van der Waals surface area contributed by atoms with Crippen LogP contribution < -0.4 is 10.7 Å². The number of nitrogens with zero attached hydrogens (tertiary/aromatic N) is 2. The first-order valence-corrected chi connectivity index (χ1v) is 11.8. The van der Waals surface area contributed by atoms with Crippen molar-refractivity contribution in [2.24, 2.45) is 0 Å². The summed E-state index contributed by atoms with van der Waals surface area (Å²) in [5.74, 6) is -0.112. The summed E-state index contributed by atoms with van der Waals surface area (Å²) < 4.78 is 5.78. The minimum Gasteiger partial charge on any atom is -0.456 e. The lowest BCUT2D eigenvalue weighted by molar-refractivity contribution is -0.384. The fourth-order valence-corrected chi connectivity index (χ4v) is 4.59. The van der Waals surface area contributed by atoms with Gasteiger partial charge in [-0.25, -0.2) is 10.2 Å². The Kier molecular flexibility index (Phi) is 7.33. The lowest BCUT2D eigenvalue weighted by atomic mass is 10.1. The average Bonchev–Trinajstić information content (AvgIpc) is 3.36. The zero-order valence-corrected chi connectivity index (χ0v) is 21.0. The van der Waals surface area contributed by atoms with Gasteiger partial charge in [0.1, 0.15) is 11.5 Å². The molecular weight excluding hydrogens is 559 g/mol. The minimum atomic E-state index is -0.726. The quantitative estimate of drug-likeness (QED) is 0.151. The largest absolute Gasteiger partial charge is 0.456 e. The number of nitro groups is 1. The van der Waals surface area contributed by atoms with E-state index in [0.717, 1.165) is 16.8 Å². The van der Waals surface area contributed by atoms with Gasteiger partial charge in [0.15, 0.2) is 4.32 Å². The van der Waals surface area contributed by atoms with E-state index in [-0.39, 0.29) is 42.0 Å². The molecular formula is C21H11Cl3N4O5S2. The highest BCUT2D eigenvalue weighted by atomic mass is 35.5. The number of furan rings is 1. The number of nitro benzene ring substituents is 1. The number of nitrogens with one attached hydrogen (secondary N) is 2. The smallest absolute Gasteiger partial charge is 0.338 e. The van der Waals surface area contributed by atoms with Crippen LogP contribution in [0.25, 0.3) is 17.4 Å². The molecule has 178 valence electrons. The van der Waals surface area contributed by atoms with Gasteiger partial charge in [0.25, 0.3) is 11.6 Å². The number of carbonyl (C=O) groups excluding carboxylic acids is 2. The zero-order valence-electron chi connectivity index (χ0n) is 17.1. The van der Waals surface area contributed by atoms with E-state index in [0.29, 0.717) is 10.7 Å². The maximum atomic E-state index is 12.8. The van der Waals surface area contributed by atoms with E-state index in [1.54, 1.807) is 6.07 Å². The Morgan fingerprint density at radius 1 is 1.11 bits per heavy atom. The predicted molar refractivity (Wildman–Crippen MR) is 139 cm³/mol. The molecule has 1 aliphatic heterocycles. The number of thiocarbonyl (C=S) groups is 1. The lowest BCUT2D eigenvalue weighted by Gasteiger charge is -2.16. The fraction of sp³-hybridized carbons (Fsp3) is 0. The Morgan fingerprint density at radius 3 is 2.60 bits per heavy atom. The summed E-state index contributed by atoms with van der Waals surface area (Å²) in [4.78, 5) is 36.1. The standard InChI is InChI=1S/C21H11Cl3N4O5S2/c22-10-1-4-13(16(7-10)28(31)32)17-6-3-12(33-17)9-18-19(29)27(21(34)35-18)26-20(30)25-11-2-5-14(23)15(24)8-11/h1-9H,(H2,25,26,30)/b18-9+. The van der Waals surface area contributed by atoms with Crippen molar-refractivity contribution in [2.75, 3.05) is 5.32 Å². The van der Waals surface area contributed by atoms with Crippen molar-refractivity contribution >= 4 is 92.5 Å². The van der Waals surface area contributed by atoms with Gasteiger partial charge in [-0.3, -0.25) is 14.9 Å². The molecule has 0 atom stereocenters. The molecule has 1 saturated heterocycles. The number of urea groups is 1. The summed E-state index contributed by atoms with van der Waals surface area (Å²) in [7, 11) is 0. The van der Waals surface area contributed by atoms with Gasteiger partial charge in [-0.15, -0.1) is 0 Å². The minimum absolute atomic E-state index is 0.0886. The van der Waals surface area contributed by atoms with Crippen molar-refractivity contribution in [1.29, 1.82) is 0 Å². The van der Waals surface area contributed by atoms with Crippen LogP contribution in [-0.4, -0.2) is 26.2 Å². The van der Waals surface area contributed by atoms with Crippen molar-refractivity contribution in [3.05, 3.63) is 84.4 Å². The molecule has 35 heavy (non-hydrogen) atoms. The van der Waals surface area contributed by atoms with E-state index in [1.165, 1.54) is 48.5 Å². The third-order valence-corrected chi connectivity index (χ3v) is 6.78. The molecule has 3 aromatic rings. The molecule has 0 spiro atoms. The van der Waals surface area contributed by atoms with Crippen LogP contribution in [-0.2, 0) is 4.79 Å². The summed E-state index contributed by atoms with van der Waals surface area (Å²) in [6.45, 7) is 0. The van der Waals surface area contributed by atoms with Crippen LogP contribution in [0.4, 0.5) is 16.2 Å². The highest BCUT2D eigenvalue weighted by Crippen LogP contribution is 2.36. The van der Waals surface area contributed by atoms with E-state index in [9.17, 15) is 19.7 Å². The van der Waals surface area contributed by atoms with Crippen molar-refractivity contribution in [3.8, 4) is 11.3 Å². The van der Waals surface area contributed by atoms with E-state index >= 15 is 0 Å². The van der Waals surface area contributed by atoms with Crippen molar-refractivity contribution < 1.29 is 18.9 Å². The van der Waals surface area contributed by atoms with E-state index in [4.69, 9.17) is 51.4 Å². The van der Waals surface area contributed by atoms with Gasteiger partial charge in [0, 0.05) is 22.9 Å². The van der Waals surface area contributed by atoms with Crippen LogP contribution in [0.15, 0.2) is 57.9 Å². The van der Waals surface area contributed by atoms with Crippen LogP contribution >= 0.6 is 58.8 Å². The number of amides is 3. The molecule has 2 aromatic carbocycles. The van der Waals surface area contributed by atoms with E-state index in [2.05, 4.69) is 10.7 Å². The summed E-state index contributed by atoms with van der Waals surface area (Å²) in [6, 6.07) is 11.1. The molecule has 4 rings (SSSR count). The van der Waals surface area contributed by atoms with Crippen LogP contribution in [0.3, 0.4) is 0 Å². The number of anilines is 1. The second kappa shape index (κ2) is 10.3. The maximum Gasteiger partial charge on any atom is 0.338 e. The number of carbonyl (C=O) groups is 2. The second-order valence-electron chi connectivity index (χ2n) is 6.83. The molecule has 9 nitrogen and oxygen atoms in total. The fourth-order valence-electron chi connectivity index (χ4n) is 2.97. The third-order valence-electron chi connectivity index (χ3n) is 4.51. The van der Waals surface area contributed by atoms with Crippen LogP contribution in [0.5, 0.6) is 0 Å². The summed E-state index contributed by atoms with van der Waals surface area (Å²) in [5, 5.41) is 15.6. The highest BCUT2D eigenvalue weighted by Gasteiger charge is 2.34. The number of halogens is 3. The number of hydrazine groups is 1. The molecule has 0 aliphatic carbocycles. The van der Waals surface area contributed by atoms with E-state index in [1.807, 2.05) is 0 Å². The Hall–Kier alpha value is -3.09. The molecule has 1 fully saturated rings. The first-order chi connectivity index (χ1) is 16.6. The van der Waals surface area contributed by atoms with Gasteiger partial charge in [-0.1, -0.05) is 46.6 Å². The molecule has 2 heterocycles. The number of hydrogen-bond acceptors (Lipinski definition) is 7. The van der Waals surface area contributed by atoms with Gasteiger partial charge >= 0.3 is 6.03 Å². The van der Waals surface area contributed by atoms with Crippen molar-refractivity contribution in [2.45, 2.75) is 0 Å². The molecule has 1 aliphatic rings. The SMILES string of the molecule is O=C(Nc1ccc(Cl)c(Cl)c1)NN1C(=O)/C(=C\c2ccc(-c3ccc(Cl)cc3[N+](=O)[O-])o2)SC1=S. The number of hydrogen-bond donors (Lipinski definition) is 2. The molecule has 2 N–H and O–H groups in total. The van der Waals surface area contributed by atoms with E-state index < -0.39 is 16.9 Å². The lowest BCUT2D eigenvalue weighted by Crippen LogP contribution is -2.46. The summed E-state index contributed by atoms with van der Waals surface area (Å²) in [6.07, 6.45) is 1.42. The van der Waals surface area contributed by atoms with Crippen LogP contribution in [0.1, 0.15) is 5.76 Å². The molecule has 0 saturated carbocycles. The van der Waals surface area contributed by atoms with Crippen molar-refractivity contribution in [3.63, 3.8) is 0 Å². The number of rotatable bonds is 5. The van der Waals surface area contributed by atoms with Crippen LogP contribution in [0, 0.1) is 10.1 Å². The third kappa shape index (κ3) is 5.60. The summed E-state index contributed by atoms with van der Waals surface area (Å²) >= 11 is 23.8. The molecule has 0 bridgehead atoms. The van der Waals surface area contributed by atoms with Gasteiger partial charge in [0.2, 0.25) is 0 Å². The summed E-state index contributed by atoms with van der Waals surface area (Å²) in [5.41, 5.74) is 2.74. The Morgan fingerprint density at radius 2 is 1.89 bits per heavy atom. The molecule has 0 unspecified atom stereocenters. The Bertz CT molecular complexity index is 1430. The number of thioether (sulfide) groups is 1. The molecule has 1 aromatic heterocycles. The molecule has 3 amide bonds. The normalized spacial score (nSPS) is 14.5. The predicted octanol–water partition coefficient (Wildman–Crippen LogP) is 6.75. The Balaban J connectivity index is 1.49. The maximum absolute atomic E-state index is 12.8. The van der Waals surface area contributed by atoms with Crippen molar-refractivity contribution in [1.82, 2.24) is 10.4 Å². The topological polar surface area (TPSA) is 118 Å². The average molecular weight is 570 g/mol. The van der Waals surface area contributed by atoms with Gasteiger partial charge in [-0.2, -0.15) is 5.01 Å². The molecule has 14 heteroatoms. The Labute approximate surface area is 222 Å². The van der Waals surface area contributed by atoms with Gasteiger partial charge < -0.3 is 9.73 Å². The number of benzene rings is 2. The van der Waals surface area contributed by atoms with Crippen LogP contribution in [0.2, 0.25) is 15.1 Å².